The van der Waals surface area contributed by atoms with E-state index in [-0.39, 0.29) is 6.04 Å². The summed E-state index contributed by atoms with van der Waals surface area (Å²) in [7, 11) is 0. The highest BCUT2D eigenvalue weighted by molar-refractivity contribution is 5.60. The van der Waals surface area contributed by atoms with Gasteiger partial charge in [0.25, 0.3) is 0 Å². The summed E-state index contributed by atoms with van der Waals surface area (Å²) in [6, 6.07) is 4.04. The van der Waals surface area contributed by atoms with Crippen molar-refractivity contribution in [2.75, 3.05) is 0 Å². The number of hydrogen-bond donors (Lipinski definition) is 2. The van der Waals surface area contributed by atoms with E-state index in [1.807, 2.05) is 32.2 Å². The minimum Gasteiger partial charge on any atom is -0.346 e. The van der Waals surface area contributed by atoms with Crippen LogP contribution in [0.5, 0.6) is 0 Å². The molecule has 0 bridgehead atoms. The van der Waals surface area contributed by atoms with E-state index in [9.17, 15) is 0 Å². The van der Waals surface area contributed by atoms with E-state index in [0.717, 1.165) is 29.2 Å². The molecule has 0 saturated carbocycles. The molecule has 0 aliphatic rings. The lowest BCUT2D eigenvalue weighted by molar-refractivity contribution is 0.709. The third-order valence-corrected chi connectivity index (χ3v) is 2.38. The molecule has 0 radical (unpaired) electrons. The van der Waals surface area contributed by atoms with Crippen LogP contribution in [0.4, 0.5) is 0 Å². The van der Waals surface area contributed by atoms with Gasteiger partial charge in [0.15, 0.2) is 0 Å². The summed E-state index contributed by atoms with van der Waals surface area (Å²) in [5, 5.41) is 0. The summed E-state index contributed by atoms with van der Waals surface area (Å²) < 4.78 is 0. The van der Waals surface area contributed by atoms with E-state index in [1.165, 1.54) is 0 Å². The number of aryl methyl sites for hydroxylation is 1. The zero-order chi connectivity index (χ0) is 11.5. The van der Waals surface area contributed by atoms with Gasteiger partial charge in [-0.2, -0.15) is 0 Å². The first-order valence-corrected chi connectivity index (χ1v) is 5.38. The molecular formula is C12H16N4. The number of hydrogen-bond acceptors (Lipinski definition) is 3. The van der Waals surface area contributed by atoms with Crippen LogP contribution in [0, 0.1) is 6.92 Å². The second-order valence-electron chi connectivity index (χ2n) is 4.08. The van der Waals surface area contributed by atoms with Crippen molar-refractivity contribution in [2.24, 2.45) is 5.73 Å². The van der Waals surface area contributed by atoms with Gasteiger partial charge in [0.1, 0.15) is 5.82 Å². The van der Waals surface area contributed by atoms with Crippen LogP contribution in [0.3, 0.4) is 0 Å². The maximum atomic E-state index is 5.75. The Labute approximate surface area is 94.9 Å². The van der Waals surface area contributed by atoms with Gasteiger partial charge in [0.2, 0.25) is 0 Å². The Hall–Kier alpha value is -1.68. The standard InChI is InChI=1S/C12H16N4/c1-8(13)6-11-15-9(2)12(16-11)10-4-3-5-14-7-10/h3-5,7-8H,6,13H2,1-2H3,(H,15,16). The zero-order valence-corrected chi connectivity index (χ0v) is 9.57. The summed E-state index contributed by atoms with van der Waals surface area (Å²) in [6.45, 7) is 3.99. The maximum Gasteiger partial charge on any atom is 0.108 e. The minimum atomic E-state index is 0.118. The number of H-pyrrole nitrogens is 1. The quantitative estimate of drug-likeness (QED) is 0.820. The fourth-order valence-corrected chi connectivity index (χ4v) is 1.71. The van der Waals surface area contributed by atoms with E-state index in [0.29, 0.717) is 0 Å². The van der Waals surface area contributed by atoms with E-state index in [1.54, 1.807) is 6.20 Å². The molecule has 1 unspecified atom stereocenters. The van der Waals surface area contributed by atoms with Crippen molar-refractivity contribution >= 4 is 0 Å². The highest BCUT2D eigenvalue weighted by Gasteiger charge is 2.09. The number of imidazole rings is 1. The van der Waals surface area contributed by atoms with Gasteiger partial charge < -0.3 is 10.7 Å². The van der Waals surface area contributed by atoms with Crippen molar-refractivity contribution in [3.8, 4) is 11.3 Å². The Morgan fingerprint density at radius 3 is 2.94 bits per heavy atom. The molecule has 0 saturated heterocycles. The summed E-state index contributed by atoms with van der Waals surface area (Å²) in [6.07, 6.45) is 4.34. The Morgan fingerprint density at radius 1 is 1.50 bits per heavy atom. The molecule has 3 N–H and O–H groups in total. The van der Waals surface area contributed by atoms with Crippen molar-refractivity contribution in [3.05, 3.63) is 36.0 Å². The predicted molar refractivity (Wildman–Crippen MR) is 63.9 cm³/mol. The number of nitrogens with one attached hydrogen (secondary N) is 1. The Morgan fingerprint density at radius 2 is 2.31 bits per heavy atom. The predicted octanol–water partition coefficient (Wildman–Crippen LogP) is 1.67. The molecule has 4 nitrogen and oxygen atoms in total. The fourth-order valence-electron chi connectivity index (χ4n) is 1.71. The summed E-state index contributed by atoms with van der Waals surface area (Å²) in [5.41, 5.74) is 8.81. The molecule has 16 heavy (non-hydrogen) atoms. The monoisotopic (exact) mass is 216 g/mol. The average Bonchev–Trinajstić information content (AvgIpc) is 2.60. The Kier molecular flexibility index (Phi) is 3.01. The van der Waals surface area contributed by atoms with Gasteiger partial charge in [-0.15, -0.1) is 0 Å². The lowest BCUT2D eigenvalue weighted by atomic mass is 10.2. The van der Waals surface area contributed by atoms with Gasteiger partial charge in [0.05, 0.1) is 5.69 Å². The topological polar surface area (TPSA) is 67.6 Å². The Bertz CT molecular complexity index is 459. The van der Waals surface area contributed by atoms with Crippen LogP contribution >= 0.6 is 0 Å². The number of pyridine rings is 1. The van der Waals surface area contributed by atoms with Gasteiger partial charge >= 0.3 is 0 Å². The van der Waals surface area contributed by atoms with Crippen molar-refractivity contribution in [1.82, 2.24) is 15.0 Å². The number of nitrogens with two attached hydrogens (primary N) is 1. The second-order valence-corrected chi connectivity index (χ2v) is 4.08. The molecule has 2 heterocycles. The molecule has 2 aromatic rings. The highest BCUT2D eigenvalue weighted by atomic mass is 14.9. The van der Waals surface area contributed by atoms with Crippen LogP contribution in [0.1, 0.15) is 18.4 Å². The van der Waals surface area contributed by atoms with Crippen molar-refractivity contribution in [3.63, 3.8) is 0 Å². The SMILES string of the molecule is Cc1[nH]c(CC(C)N)nc1-c1cccnc1. The van der Waals surface area contributed by atoms with E-state index >= 15 is 0 Å². The van der Waals surface area contributed by atoms with E-state index in [4.69, 9.17) is 5.73 Å². The molecule has 0 aliphatic carbocycles. The fraction of sp³-hybridized carbons (Fsp3) is 0.333. The number of aromatic amines is 1. The smallest absolute Gasteiger partial charge is 0.108 e. The van der Waals surface area contributed by atoms with Crippen molar-refractivity contribution in [2.45, 2.75) is 26.3 Å². The number of aromatic nitrogens is 3. The van der Waals surface area contributed by atoms with Crippen LogP contribution in [0.25, 0.3) is 11.3 Å². The van der Waals surface area contributed by atoms with Gasteiger partial charge in [-0.3, -0.25) is 4.98 Å². The normalized spacial score (nSPS) is 12.7. The van der Waals surface area contributed by atoms with Crippen LogP contribution in [-0.4, -0.2) is 21.0 Å². The molecule has 0 fully saturated rings. The molecule has 4 heteroatoms. The van der Waals surface area contributed by atoms with Crippen LogP contribution < -0.4 is 5.73 Å². The van der Waals surface area contributed by atoms with Gasteiger partial charge in [0, 0.05) is 36.1 Å². The van der Waals surface area contributed by atoms with Gasteiger partial charge in [-0.1, -0.05) is 0 Å². The molecule has 2 rings (SSSR count). The molecular weight excluding hydrogens is 200 g/mol. The van der Waals surface area contributed by atoms with Crippen molar-refractivity contribution in [1.29, 1.82) is 0 Å². The molecule has 0 spiro atoms. The first-order valence-electron chi connectivity index (χ1n) is 5.38. The lowest BCUT2D eigenvalue weighted by Crippen LogP contribution is -2.18. The molecule has 0 aliphatic heterocycles. The van der Waals surface area contributed by atoms with E-state index < -0.39 is 0 Å². The third kappa shape index (κ3) is 2.28. The molecule has 1 atom stereocenters. The molecule has 84 valence electrons. The lowest BCUT2D eigenvalue weighted by Gasteiger charge is -1.99. The zero-order valence-electron chi connectivity index (χ0n) is 9.57. The molecule has 0 aromatic carbocycles. The third-order valence-electron chi connectivity index (χ3n) is 2.38. The number of rotatable bonds is 3. The molecule has 0 amide bonds. The Balaban J connectivity index is 2.32. The van der Waals surface area contributed by atoms with Crippen molar-refractivity contribution < 1.29 is 0 Å². The largest absolute Gasteiger partial charge is 0.346 e. The summed E-state index contributed by atoms with van der Waals surface area (Å²) in [5.74, 6) is 0.936. The molecule has 2 aromatic heterocycles. The van der Waals surface area contributed by atoms with E-state index in [2.05, 4.69) is 15.0 Å². The van der Waals surface area contributed by atoms with Gasteiger partial charge in [-0.05, 0) is 26.0 Å². The van der Waals surface area contributed by atoms with Crippen LogP contribution in [-0.2, 0) is 6.42 Å². The number of nitrogens with zero attached hydrogens (tertiary/aromatic N) is 2. The maximum absolute atomic E-state index is 5.75. The summed E-state index contributed by atoms with van der Waals surface area (Å²) in [4.78, 5) is 11.9. The summed E-state index contributed by atoms with van der Waals surface area (Å²) >= 11 is 0. The first-order chi connectivity index (χ1) is 7.66. The van der Waals surface area contributed by atoms with Gasteiger partial charge in [-0.25, -0.2) is 4.98 Å². The van der Waals surface area contributed by atoms with Crippen LogP contribution in [0.15, 0.2) is 24.5 Å². The highest BCUT2D eigenvalue weighted by Crippen LogP contribution is 2.19. The van der Waals surface area contributed by atoms with Crippen LogP contribution in [0.2, 0.25) is 0 Å². The minimum absolute atomic E-state index is 0.118. The first kappa shape index (κ1) is 10.8. The average molecular weight is 216 g/mol. The second kappa shape index (κ2) is 4.45.